The molecule has 0 unspecified atom stereocenters. The zero-order valence-electron chi connectivity index (χ0n) is 12.7. The molecule has 0 amide bonds. The first-order chi connectivity index (χ1) is 9.78. The number of hydrogen-bond donors (Lipinski definition) is 0. The summed E-state index contributed by atoms with van der Waals surface area (Å²) in [5, 5.41) is 0. The Hall–Kier alpha value is -0.180. The van der Waals surface area contributed by atoms with E-state index >= 15 is 0 Å². The molecule has 0 aromatic carbocycles. The molecule has 2 aliphatic rings. The standard InChI is InChI=1S/C13H26N2O4S2/c1-20(16,17)10-5-11-21(18,19)15-9-4-6-13(15)12-14-7-2-3-8-14/h13H,2-12H2,1H3/t13-/m1/s1. The van der Waals surface area contributed by atoms with Crippen LogP contribution in [0.2, 0.25) is 0 Å². The highest BCUT2D eigenvalue weighted by molar-refractivity contribution is 7.91. The number of likely N-dealkylation sites (tertiary alicyclic amines) is 1. The van der Waals surface area contributed by atoms with Gasteiger partial charge in [-0.3, -0.25) is 0 Å². The molecule has 0 saturated carbocycles. The Balaban J connectivity index is 1.90. The first kappa shape index (κ1) is 17.2. The molecular weight excluding hydrogens is 312 g/mol. The molecule has 8 heteroatoms. The average molecular weight is 338 g/mol. The highest BCUT2D eigenvalue weighted by Gasteiger charge is 2.35. The molecule has 0 aliphatic carbocycles. The van der Waals surface area contributed by atoms with Gasteiger partial charge >= 0.3 is 0 Å². The maximum absolute atomic E-state index is 12.4. The van der Waals surface area contributed by atoms with Crippen molar-refractivity contribution in [1.82, 2.24) is 9.21 Å². The maximum atomic E-state index is 12.4. The molecule has 2 heterocycles. The summed E-state index contributed by atoms with van der Waals surface area (Å²) in [5.74, 6) is -0.118. The second kappa shape index (κ2) is 6.93. The van der Waals surface area contributed by atoms with Crippen molar-refractivity contribution in [3.63, 3.8) is 0 Å². The van der Waals surface area contributed by atoms with Crippen LogP contribution < -0.4 is 0 Å². The molecule has 1 atom stereocenters. The first-order valence-electron chi connectivity index (χ1n) is 7.67. The number of sulfonamides is 1. The lowest BCUT2D eigenvalue weighted by atomic mass is 10.2. The van der Waals surface area contributed by atoms with Gasteiger partial charge in [-0.05, 0) is 45.2 Å². The third-order valence-electron chi connectivity index (χ3n) is 4.27. The molecule has 0 N–H and O–H groups in total. The SMILES string of the molecule is CS(=O)(=O)CCCS(=O)(=O)N1CCC[C@@H]1CN1CCCC1. The van der Waals surface area contributed by atoms with Crippen molar-refractivity contribution in [2.75, 3.05) is 43.9 Å². The molecule has 0 aromatic rings. The van der Waals surface area contributed by atoms with Crippen molar-refractivity contribution in [3.8, 4) is 0 Å². The minimum atomic E-state index is -3.33. The smallest absolute Gasteiger partial charge is 0.214 e. The van der Waals surface area contributed by atoms with E-state index in [4.69, 9.17) is 0 Å². The highest BCUT2D eigenvalue weighted by Crippen LogP contribution is 2.24. The summed E-state index contributed by atoms with van der Waals surface area (Å²) >= 11 is 0. The van der Waals surface area contributed by atoms with Gasteiger partial charge in [0.1, 0.15) is 9.84 Å². The van der Waals surface area contributed by atoms with Crippen LogP contribution in [0.25, 0.3) is 0 Å². The van der Waals surface area contributed by atoms with Crippen LogP contribution in [0.1, 0.15) is 32.1 Å². The van der Waals surface area contributed by atoms with Crippen molar-refractivity contribution in [2.45, 2.75) is 38.1 Å². The molecule has 21 heavy (non-hydrogen) atoms. The fourth-order valence-electron chi connectivity index (χ4n) is 3.24. The maximum Gasteiger partial charge on any atom is 0.214 e. The fraction of sp³-hybridized carbons (Fsp3) is 1.00. The third-order valence-corrected chi connectivity index (χ3v) is 7.30. The third kappa shape index (κ3) is 5.19. The molecular formula is C13H26N2O4S2. The van der Waals surface area contributed by atoms with E-state index in [0.29, 0.717) is 6.54 Å². The summed E-state index contributed by atoms with van der Waals surface area (Å²) in [5.41, 5.74) is 0. The van der Waals surface area contributed by atoms with Crippen molar-refractivity contribution in [1.29, 1.82) is 0 Å². The van der Waals surface area contributed by atoms with Crippen LogP contribution >= 0.6 is 0 Å². The van der Waals surface area contributed by atoms with Crippen LogP contribution in [-0.2, 0) is 19.9 Å². The summed E-state index contributed by atoms with van der Waals surface area (Å²) in [6, 6.07) is 0.0753. The van der Waals surface area contributed by atoms with E-state index in [-0.39, 0.29) is 24.0 Å². The highest BCUT2D eigenvalue weighted by atomic mass is 32.2. The van der Waals surface area contributed by atoms with Gasteiger partial charge < -0.3 is 4.90 Å². The second-order valence-electron chi connectivity index (χ2n) is 6.21. The van der Waals surface area contributed by atoms with Crippen LogP contribution in [0.3, 0.4) is 0 Å². The normalized spacial score (nSPS) is 25.7. The van der Waals surface area contributed by atoms with E-state index in [1.807, 2.05) is 0 Å². The number of nitrogens with zero attached hydrogens (tertiary/aromatic N) is 2. The van der Waals surface area contributed by atoms with Crippen LogP contribution in [-0.4, -0.2) is 76.0 Å². The lowest BCUT2D eigenvalue weighted by Gasteiger charge is -2.27. The van der Waals surface area contributed by atoms with Gasteiger partial charge in [-0.15, -0.1) is 0 Å². The summed E-state index contributed by atoms with van der Waals surface area (Å²) in [6.45, 7) is 3.54. The minimum absolute atomic E-state index is 0.0587. The quantitative estimate of drug-likeness (QED) is 0.668. The number of sulfone groups is 1. The average Bonchev–Trinajstić information content (AvgIpc) is 2.98. The summed E-state index contributed by atoms with van der Waals surface area (Å²) in [6.07, 6.45) is 5.56. The van der Waals surface area contributed by atoms with E-state index in [0.717, 1.165) is 38.7 Å². The summed E-state index contributed by atoms with van der Waals surface area (Å²) < 4.78 is 48.7. The molecule has 2 saturated heterocycles. The molecule has 6 nitrogen and oxygen atoms in total. The van der Waals surface area contributed by atoms with E-state index < -0.39 is 19.9 Å². The Kier molecular flexibility index (Phi) is 5.67. The van der Waals surface area contributed by atoms with Crippen LogP contribution in [0.4, 0.5) is 0 Å². The monoisotopic (exact) mass is 338 g/mol. The van der Waals surface area contributed by atoms with Gasteiger partial charge in [-0.2, -0.15) is 4.31 Å². The van der Waals surface area contributed by atoms with Gasteiger partial charge in [0.05, 0.1) is 11.5 Å². The molecule has 0 spiro atoms. The van der Waals surface area contributed by atoms with Gasteiger partial charge in [0.15, 0.2) is 0 Å². The predicted molar refractivity (Wildman–Crippen MR) is 83.5 cm³/mol. The Morgan fingerprint density at radius 1 is 0.952 bits per heavy atom. The zero-order chi connectivity index (χ0) is 15.5. The van der Waals surface area contributed by atoms with E-state index in [1.165, 1.54) is 12.8 Å². The fourth-order valence-corrected chi connectivity index (χ4v) is 5.87. The van der Waals surface area contributed by atoms with Crippen molar-refractivity contribution < 1.29 is 16.8 Å². The molecule has 0 radical (unpaired) electrons. The summed E-state index contributed by atoms with van der Waals surface area (Å²) in [4.78, 5) is 2.34. The zero-order valence-corrected chi connectivity index (χ0v) is 14.3. The first-order valence-corrected chi connectivity index (χ1v) is 11.3. The molecule has 0 aromatic heterocycles. The molecule has 124 valence electrons. The Bertz CT molecular complexity index is 539. The Morgan fingerprint density at radius 2 is 1.62 bits per heavy atom. The largest absolute Gasteiger partial charge is 0.302 e. The van der Waals surface area contributed by atoms with E-state index in [9.17, 15) is 16.8 Å². The van der Waals surface area contributed by atoms with Crippen LogP contribution in [0.5, 0.6) is 0 Å². The van der Waals surface area contributed by atoms with Crippen molar-refractivity contribution in [3.05, 3.63) is 0 Å². The summed E-state index contributed by atoms with van der Waals surface area (Å²) in [7, 11) is -6.42. The van der Waals surface area contributed by atoms with Gasteiger partial charge in [0, 0.05) is 25.4 Å². The minimum Gasteiger partial charge on any atom is -0.302 e. The molecule has 2 fully saturated rings. The Morgan fingerprint density at radius 3 is 2.24 bits per heavy atom. The predicted octanol–water partition coefficient (Wildman–Crippen LogP) is 0.311. The second-order valence-corrected chi connectivity index (χ2v) is 10.5. The lowest BCUT2D eigenvalue weighted by molar-refractivity contribution is 0.257. The Labute approximate surface area is 128 Å². The topological polar surface area (TPSA) is 74.8 Å². The van der Waals surface area contributed by atoms with E-state index in [2.05, 4.69) is 4.90 Å². The molecule has 0 bridgehead atoms. The molecule has 2 aliphatic heterocycles. The number of hydrogen-bond acceptors (Lipinski definition) is 5. The van der Waals surface area contributed by atoms with Gasteiger partial charge in [-0.1, -0.05) is 0 Å². The van der Waals surface area contributed by atoms with Crippen molar-refractivity contribution >= 4 is 19.9 Å². The lowest BCUT2D eigenvalue weighted by Crippen LogP contribution is -2.43. The van der Waals surface area contributed by atoms with Crippen LogP contribution in [0.15, 0.2) is 0 Å². The molecule has 2 rings (SSSR count). The van der Waals surface area contributed by atoms with Crippen LogP contribution in [0, 0.1) is 0 Å². The van der Waals surface area contributed by atoms with Gasteiger partial charge in [0.2, 0.25) is 10.0 Å². The number of rotatable bonds is 7. The van der Waals surface area contributed by atoms with Crippen molar-refractivity contribution in [2.24, 2.45) is 0 Å². The van der Waals surface area contributed by atoms with Gasteiger partial charge in [-0.25, -0.2) is 16.8 Å². The van der Waals surface area contributed by atoms with E-state index in [1.54, 1.807) is 4.31 Å². The van der Waals surface area contributed by atoms with Gasteiger partial charge in [0.25, 0.3) is 0 Å².